The number of hydrogen-bond donors (Lipinski definition) is 6. The third kappa shape index (κ3) is 11.1. The predicted octanol–water partition coefficient (Wildman–Crippen LogP) is 7.28. The molecule has 0 aromatic heterocycles. The Labute approximate surface area is 462 Å². The van der Waals surface area contributed by atoms with E-state index in [1.54, 1.807) is 14.0 Å². The molecular weight excluding hydrogens is 1000 g/mol. The van der Waals surface area contributed by atoms with Gasteiger partial charge in [0, 0.05) is 80.3 Å². The van der Waals surface area contributed by atoms with Crippen LogP contribution < -0.4 is 0 Å². The van der Waals surface area contributed by atoms with Crippen molar-refractivity contribution in [2.24, 2.45) is 58.2 Å². The fourth-order valence-corrected chi connectivity index (χ4v) is 16.0. The average Bonchev–Trinajstić information content (AvgIpc) is 3.88. The minimum atomic E-state index is -1.62. The molecule has 0 radical (unpaired) electrons. The zero-order valence-corrected chi connectivity index (χ0v) is 48.6. The first-order chi connectivity index (χ1) is 36.8. The third-order valence-electron chi connectivity index (χ3n) is 20.3. The molecule has 0 amide bonds. The number of ether oxygens (including phenoxy) is 8. The van der Waals surface area contributed by atoms with E-state index in [1.807, 2.05) is 68.4 Å². The van der Waals surface area contributed by atoms with Crippen LogP contribution in [0.1, 0.15) is 154 Å². The lowest BCUT2D eigenvalue weighted by atomic mass is 9.47. The highest BCUT2D eigenvalue weighted by molar-refractivity contribution is 6.26. The van der Waals surface area contributed by atoms with Crippen LogP contribution in [0.15, 0.2) is 46.3 Å². The Bertz CT molecular complexity index is 2290. The van der Waals surface area contributed by atoms with E-state index in [0.29, 0.717) is 32.1 Å². The molecule has 1 saturated carbocycles. The molecule has 78 heavy (non-hydrogen) atoms. The summed E-state index contributed by atoms with van der Waals surface area (Å²) in [5, 5.41) is 68.8. The fourth-order valence-electron chi connectivity index (χ4n) is 16.0. The first-order valence-electron chi connectivity index (χ1n) is 29.4. The summed E-state index contributed by atoms with van der Waals surface area (Å²) in [6.45, 7) is 23.2. The maximum atomic E-state index is 15.7. The molecule has 6 N–H and O–H groups in total. The number of methoxy groups -OCH3 is 1. The molecule has 0 aromatic carbocycles. The van der Waals surface area contributed by atoms with Crippen molar-refractivity contribution in [2.75, 3.05) is 13.7 Å². The summed E-state index contributed by atoms with van der Waals surface area (Å²) in [4.78, 5) is 44.3. The van der Waals surface area contributed by atoms with Crippen LogP contribution in [0.4, 0.5) is 0 Å². The summed E-state index contributed by atoms with van der Waals surface area (Å²) in [5.41, 5.74) is -1.54. The zero-order valence-electron chi connectivity index (χ0n) is 48.6. The molecule has 4 aliphatic carbocycles. The van der Waals surface area contributed by atoms with E-state index in [2.05, 4.69) is 26.0 Å². The van der Waals surface area contributed by atoms with Gasteiger partial charge in [0.15, 0.2) is 24.5 Å². The molecule has 4 aliphatic heterocycles. The van der Waals surface area contributed by atoms with Gasteiger partial charge in [-0.3, -0.25) is 9.59 Å². The van der Waals surface area contributed by atoms with Gasteiger partial charge < -0.3 is 68.5 Å². The lowest BCUT2D eigenvalue weighted by Gasteiger charge is -2.56. The van der Waals surface area contributed by atoms with Crippen molar-refractivity contribution >= 4 is 17.5 Å². The van der Waals surface area contributed by atoms with E-state index < -0.39 is 144 Å². The van der Waals surface area contributed by atoms with Crippen LogP contribution in [0.2, 0.25) is 0 Å². The van der Waals surface area contributed by atoms with E-state index in [1.165, 1.54) is 0 Å². The largest absolute Gasteiger partial charge is 0.511 e. The SMILES string of the molecule is CC/C1=C\[C@H](CO)C[C@@H](C)[C@H](O[C@H]2C[C@H](O)[C@H](O[C@@H]3C[C@H](OC)C(O[C@@H]4C[C@H](O)[C@H](O)[C@@H](C)O4)[C@H](C)O3)[C@@H](C)O2)[C@H](C)CCC[C@]2(C)C=C(C)[C@H](C)C[C@]23OC(=O)C(=C(O)[C@@]2(CC)[C@H]4[C@H](C=C(C)[C@@H]12)[C@@H](O)CC(=O)[C@@H]4C)C3=O. The summed E-state index contributed by atoms with van der Waals surface area (Å²) in [7, 11) is 1.57. The minimum Gasteiger partial charge on any atom is -0.511 e. The van der Waals surface area contributed by atoms with Gasteiger partial charge in [-0.15, -0.1) is 0 Å². The fraction of sp³-hybridized carbons (Fsp3) is 0.820. The van der Waals surface area contributed by atoms with Crippen molar-refractivity contribution in [3.8, 4) is 0 Å². The quantitative estimate of drug-likeness (QED) is 0.0715. The summed E-state index contributed by atoms with van der Waals surface area (Å²) in [6, 6.07) is 0. The summed E-state index contributed by atoms with van der Waals surface area (Å²) in [6.07, 6.45) is -0.691. The highest BCUT2D eigenvalue weighted by atomic mass is 16.7. The first kappa shape index (κ1) is 61.2. The number of carbonyl (C=O) groups excluding carboxylic acids is 3. The second kappa shape index (κ2) is 24.1. The van der Waals surface area contributed by atoms with Gasteiger partial charge in [0.2, 0.25) is 5.78 Å². The van der Waals surface area contributed by atoms with Crippen molar-refractivity contribution < 1.29 is 82.9 Å². The van der Waals surface area contributed by atoms with Gasteiger partial charge >= 0.3 is 5.97 Å². The Balaban J connectivity index is 1.09. The molecule has 440 valence electrons. The first-order valence-corrected chi connectivity index (χ1v) is 29.4. The highest BCUT2D eigenvalue weighted by Crippen LogP contribution is 2.64. The number of rotatable bonds is 10. The molecule has 8 rings (SSSR count). The van der Waals surface area contributed by atoms with Gasteiger partial charge in [-0.05, 0) is 90.4 Å². The van der Waals surface area contributed by atoms with Crippen molar-refractivity contribution in [1.29, 1.82) is 0 Å². The molecule has 1 spiro atoms. The molecule has 17 nitrogen and oxygen atoms in total. The number of aliphatic hydroxyl groups is 6. The molecule has 2 bridgehead atoms. The van der Waals surface area contributed by atoms with Gasteiger partial charge in [0.1, 0.15) is 35.4 Å². The average molecular weight is 1100 g/mol. The molecular formula is C61H94O17. The Morgan fingerprint density at radius 1 is 0.744 bits per heavy atom. The number of esters is 1. The van der Waals surface area contributed by atoms with Crippen LogP contribution in [0.5, 0.6) is 0 Å². The number of carbonyl (C=O) groups is 3. The van der Waals surface area contributed by atoms with Gasteiger partial charge in [-0.25, -0.2) is 4.79 Å². The molecule has 4 heterocycles. The monoisotopic (exact) mass is 1100 g/mol. The Morgan fingerprint density at radius 3 is 1.97 bits per heavy atom. The highest BCUT2D eigenvalue weighted by Gasteiger charge is 2.67. The molecule has 25 atom stereocenters. The summed E-state index contributed by atoms with van der Waals surface area (Å²) < 4.78 is 51.0. The maximum absolute atomic E-state index is 15.7. The van der Waals surface area contributed by atoms with Gasteiger partial charge in [0.25, 0.3) is 0 Å². The molecule has 1 unspecified atom stereocenters. The van der Waals surface area contributed by atoms with Crippen LogP contribution >= 0.6 is 0 Å². The van der Waals surface area contributed by atoms with Crippen molar-refractivity contribution in [3.63, 3.8) is 0 Å². The standard InChI is InChI=1S/C61H94O17/c1-14-39-21-38(28-62)19-31(5)53(75-47-24-44(66)54(36(10)73-47)76-48-25-45(71-13)55(37(11)74-48)77-46-23-43(65)52(67)35(9)72-46)29(3)17-16-18-59(12)26-32(6)33(7)27-61(59)57(69)49(58(70)78-61)56(68)60(15-2)50(39)30(4)20-40-42(64)22-41(63)34(8)51(40)60/h20-21,26,29,31,33-38,40,42-48,50-55,62,64-68H,14-19,22-25,27-28H2,1-13H3/b39-21+,56-49?/t29-,31-,33-,34+,35-,36-,37+,38-,40-,42+,43+,44+,45+,46-,47+,48-,50+,51-,52-,53-,54-,55?,59-,60-,61-/m1/s1. The van der Waals surface area contributed by atoms with Crippen molar-refractivity contribution in [1.82, 2.24) is 0 Å². The number of allylic oxidation sites excluding steroid dienone is 4. The Morgan fingerprint density at radius 2 is 1.36 bits per heavy atom. The van der Waals surface area contributed by atoms with Crippen LogP contribution in [-0.2, 0) is 52.3 Å². The van der Waals surface area contributed by atoms with Crippen LogP contribution in [0, 0.1) is 58.2 Å². The molecule has 8 aliphatic rings. The van der Waals surface area contributed by atoms with E-state index in [9.17, 15) is 40.2 Å². The van der Waals surface area contributed by atoms with E-state index >= 15 is 4.79 Å². The van der Waals surface area contributed by atoms with Gasteiger partial charge in [-0.2, -0.15) is 0 Å². The van der Waals surface area contributed by atoms with Gasteiger partial charge in [0.05, 0.1) is 48.8 Å². The van der Waals surface area contributed by atoms with Crippen molar-refractivity contribution in [3.05, 3.63) is 46.3 Å². The summed E-state index contributed by atoms with van der Waals surface area (Å²) >= 11 is 0. The lowest BCUT2D eigenvalue weighted by molar-refractivity contribution is -0.338. The van der Waals surface area contributed by atoms with E-state index in [-0.39, 0.29) is 80.0 Å². The van der Waals surface area contributed by atoms with Crippen molar-refractivity contribution in [2.45, 2.75) is 245 Å². The van der Waals surface area contributed by atoms with Crippen LogP contribution in [0.3, 0.4) is 0 Å². The number of fused-ring (bicyclic) bond motifs is 4. The topological polar surface area (TPSA) is 246 Å². The second-order valence-electron chi connectivity index (χ2n) is 25.4. The minimum absolute atomic E-state index is 0.0414. The maximum Gasteiger partial charge on any atom is 0.346 e. The lowest BCUT2D eigenvalue weighted by Crippen LogP contribution is -2.57. The summed E-state index contributed by atoms with van der Waals surface area (Å²) in [5.74, 6) is -5.19. The molecule has 4 saturated heterocycles. The molecule has 17 heteroatoms. The Hall–Kier alpha value is -2.91. The number of aliphatic hydroxyl groups excluding tert-OH is 6. The molecule has 5 fully saturated rings. The van der Waals surface area contributed by atoms with E-state index in [0.717, 1.165) is 16.7 Å². The second-order valence-corrected chi connectivity index (χ2v) is 25.4. The van der Waals surface area contributed by atoms with Gasteiger partial charge in [-0.1, -0.05) is 89.8 Å². The normalized spacial score (nSPS) is 48.6. The number of hydrogen-bond acceptors (Lipinski definition) is 17. The zero-order chi connectivity index (χ0) is 57.1. The molecule has 0 aromatic rings. The third-order valence-corrected chi connectivity index (χ3v) is 20.3. The number of Topliss-reactive ketones (excluding diaryl/α,β-unsaturated/α-hetero) is 2. The Kier molecular flexibility index (Phi) is 18.9. The predicted molar refractivity (Wildman–Crippen MR) is 287 cm³/mol. The van der Waals surface area contributed by atoms with E-state index in [4.69, 9.17) is 37.9 Å². The van der Waals surface area contributed by atoms with Crippen LogP contribution in [0.25, 0.3) is 0 Å². The van der Waals surface area contributed by atoms with Crippen LogP contribution in [-0.4, -0.2) is 154 Å². The number of ketones is 2. The smallest absolute Gasteiger partial charge is 0.346 e.